The van der Waals surface area contributed by atoms with Crippen LogP contribution in [0.25, 0.3) is 0 Å². The van der Waals surface area contributed by atoms with Crippen LogP contribution in [-0.4, -0.2) is 27.1 Å². The molecule has 0 aliphatic carbocycles. The molecule has 5 nitrogen and oxygen atoms in total. The predicted molar refractivity (Wildman–Crippen MR) is 79.1 cm³/mol. The summed E-state index contributed by atoms with van der Waals surface area (Å²) in [7, 11) is 0. The molecule has 0 spiro atoms. The molecule has 0 saturated heterocycles. The lowest BCUT2D eigenvalue weighted by atomic mass is 10.2. The SMILES string of the molecule is CCN(Cc1cccc(F)c1)C(=O)c1c(N)cnn1CC. The Labute approximate surface area is 123 Å². The van der Waals surface area contributed by atoms with Crippen molar-refractivity contribution >= 4 is 11.6 Å². The van der Waals surface area contributed by atoms with Gasteiger partial charge in [0.05, 0.1) is 11.9 Å². The minimum atomic E-state index is -0.311. The summed E-state index contributed by atoms with van der Waals surface area (Å²) < 4.78 is 14.8. The number of nitrogens with two attached hydrogens (primary N) is 1. The summed E-state index contributed by atoms with van der Waals surface area (Å²) in [5, 5.41) is 4.08. The van der Waals surface area contributed by atoms with Crippen molar-refractivity contribution in [3.05, 3.63) is 47.5 Å². The van der Waals surface area contributed by atoms with Crippen LogP contribution in [0.1, 0.15) is 29.9 Å². The summed E-state index contributed by atoms with van der Waals surface area (Å²) in [6.07, 6.45) is 1.48. The van der Waals surface area contributed by atoms with Crippen molar-refractivity contribution in [1.82, 2.24) is 14.7 Å². The maximum absolute atomic E-state index is 13.2. The second-order valence-corrected chi connectivity index (χ2v) is 4.71. The minimum Gasteiger partial charge on any atom is -0.396 e. The van der Waals surface area contributed by atoms with E-state index in [0.29, 0.717) is 31.0 Å². The molecule has 0 aliphatic heterocycles. The molecule has 0 bridgehead atoms. The number of amides is 1. The molecule has 112 valence electrons. The molecule has 0 atom stereocenters. The summed E-state index contributed by atoms with van der Waals surface area (Å²) in [6.45, 7) is 5.17. The number of nitrogens with zero attached hydrogens (tertiary/aromatic N) is 3. The number of rotatable bonds is 5. The van der Waals surface area contributed by atoms with Gasteiger partial charge in [-0.05, 0) is 31.5 Å². The standard InChI is InChI=1S/C15H19FN4O/c1-3-19(10-11-6-5-7-12(16)8-11)15(21)14-13(17)9-18-20(14)4-2/h5-9H,3-4,10,17H2,1-2H3. The third-order valence-electron chi connectivity index (χ3n) is 3.30. The zero-order valence-electron chi connectivity index (χ0n) is 12.2. The molecule has 1 aromatic carbocycles. The molecule has 1 aromatic heterocycles. The Kier molecular flexibility index (Phi) is 4.57. The van der Waals surface area contributed by atoms with Gasteiger partial charge in [0.15, 0.2) is 0 Å². The lowest BCUT2D eigenvalue weighted by Gasteiger charge is -2.21. The highest BCUT2D eigenvalue weighted by Gasteiger charge is 2.21. The zero-order valence-corrected chi connectivity index (χ0v) is 12.2. The summed E-state index contributed by atoms with van der Waals surface area (Å²) >= 11 is 0. The van der Waals surface area contributed by atoms with E-state index in [0.717, 1.165) is 5.56 Å². The Bertz CT molecular complexity index is 638. The number of carbonyl (C=O) groups excluding carboxylic acids is 1. The number of anilines is 1. The number of halogens is 1. The monoisotopic (exact) mass is 290 g/mol. The second kappa shape index (κ2) is 6.39. The normalized spacial score (nSPS) is 10.6. The molecule has 0 saturated carbocycles. The molecule has 0 fully saturated rings. The number of hydrogen-bond acceptors (Lipinski definition) is 3. The second-order valence-electron chi connectivity index (χ2n) is 4.71. The third kappa shape index (κ3) is 3.21. The number of hydrogen-bond donors (Lipinski definition) is 1. The van der Waals surface area contributed by atoms with Crippen LogP contribution in [0.2, 0.25) is 0 Å². The summed E-state index contributed by atoms with van der Waals surface area (Å²) in [6, 6.07) is 6.23. The maximum Gasteiger partial charge on any atom is 0.274 e. The Balaban J connectivity index is 2.24. The molecule has 0 aliphatic rings. The maximum atomic E-state index is 13.2. The van der Waals surface area contributed by atoms with Crippen LogP contribution in [0.15, 0.2) is 30.5 Å². The van der Waals surface area contributed by atoms with E-state index in [1.54, 1.807) is 21.7 Å². The molecule has 2 rings (SSSR count). The zero-order chi connectivity index (χ0) is 15.4. The molecule has 0 radical (unpaired) electrons. The van der Waals surface area contributed by atoms with Crippen LogP contribution in [0.5, 0.6) is 0 Å². The van der Waals surface area contributed by atoms with Gasteiger partial charge < -0.3 is 10.6 Å². The molecule has 6 heteroatoms. The van der Waals surface area contributed by atoms with E-state index in [1.807, 2.05) is 13.8 Å². The van der Waals surface area contributed by atoms with Gasteiger partial charge in [0.25, 0.3) is 5.91 Å². The van der Waals surface area contributed by atoms with E-state index < -0.39 is 0 Å². The van der Waals surface area contributed by atoms with Crippen molar-refractivity contribution < 1.29 is 9.18 Å². The van der Waals surface area contributed by atoms with E-state index in [9.17, 15) is 9.18 Å². The Morgan fingerprint density at radius 3 is 2.81 bits per heavy atom. The quantitative estimate of drug-likeness (QED) is 0.919. The highest BCUT2D eigenvalue weighted by Crippen LogP contribution is 2.16. The van der Waals surface area contributed by atoms with Gasteiger partial charge in [-0.15, -0.1) is 0 Å². The first-order valence-corrected chi connectivity index (χ1v) is 6.91. The topological polar surface area (TPSA) is 64.2 Å². The van der Waals surface area contributed by atoms with Crippen LogP contribution >= 0.6 is 0 Å². The lowest BCUT2D eigenvalue weighted by Crippen LogP contribution is -2.32. The molecule has 2 aromatic rings. The van der Waals surface area contributed by atoms with E-state index in [4.69, 9.17) is 5.73 Å². The fraction of sp³-hybridized carbons (Fsp3) is 0.333. The van der Waals surface area contributed by atoms with Crippen molar-refractivity contribution in [2.75, 3.05) is 12.3 Å². The van der Waals surface area contributed by atoms with Crippen LogP contribution in [0.3, 0.4) is 0 Å². The van der Waals surface area contributed by atoms with Gasteiger partial charge in [-0.25, -0.2) is 4.39 Å². The van der Waals surface area contributed by atoms with Crippen molar-refractivity contribution in [3.8, 4) is 0 Å². The molecular formula is C15H19FN4O. The third-order valence-corrected chi connectivity index (χ3v) is 3.30. The van der Waals surface area contributed by atoms with Crippen LogP contribution < -0.4 is 5.73 Å². The highest BCUT2D eigenvalue weighted by atomic mass is 19.1. The predicted octanol–water partition coefficient (Wildman–Crippen LogP) is 2.29. The molecule has 0 unspecified atom stereocenters. The van der Waals surface area contributed by atoms with Crippen LogP contribution in [0.4, 0.5) is 10.1 Å². The van der Waals surface area contributed by atoms with Gasteiger partial charge >= 0.3 is 0 Å². The molecule has 21 heavy (non-hydrogen) atoms. The summed E-state index contributed by atoms with van der Waals surface area (Å²) in [5.74, 6) is -0.507. The first kappa shape index (κ1) is 15.0. The summed E-state index contributed by atoms with van der Waals surface area (Å²) in [4.78, 5) is 14.2. The number of benzene rings is 1. The van der Waals surface area contributed by atoms with Crippen molar-refractivity contribution in [2.24, 2.45) is 0 Å². The average Bonchev–Trinajstić information content (AvgIpc) is 2.85. The number of carbonyl (C=O) groups is 1. The number of aryl methyl sites for hydroxylation is 1. The van der Waals surface area contributed by atoms with E-state index in [-0.39, 0.29) is 11.7 Å². The first-order chi connectivity index (χ1) is 10.1. The van der Waals surface area contributed by atoms with E-state index in [2.05, 4.69) is 5.10 Å². The smallest absolute Gasteiger partial charge is 0.274 e. The van der Waals surface area contributed by atoms with Gasteiger partial charge in [-0.3, -0.25) is 9.48 Å². The largest absolute Gasteiger partial charge is 0.396 e. The Morgan fingerprint density at radius 2 is 2.19 bits per heavy atom. The lowest BCUT2D eigenvalue weighted by molar-refractivity contribution is 0.0741. The first-order valence-electron chi connectivity index (χ1n) is 6.91. The summed E-state index contributed by atoms with van der Waals surface area (Å²) in [5.41, 5.74) is 7.32. The fourth-order valence-corrected chi connectivity index (χ4v) is 2.21. The van der Waals surface area contributed by atoms with Crippen molar-refractivity contribution in [3.63, 3.8) is 0 Å². The van der Waals surface area contributed by atoms with E-state index >= 15 is 0 Å². The van der Waals surface area contributed by atoms with Crippen LogP contribution in [-0.2, 0) is 13.1 Å². The van der Waals surface area contributed by atoms with Gasteiger partial charge in [0.2, 0.25) is 0 Å². The van der Waals surface area contributed by atoms with Gasteiger partial charge in [0, 0.05) is 19.6 Å². The van der Waals surface area contributed by atoms with Crippen LogP contribution in [0, 0.1) is 5.82 Å². The van der Waals surface area contributed by atoms with Crippen molar-refractivity contribution in [2.45, 2.75) is 26.9 Å². The molecule has 1 heterocycles. The van der Waals surface area contributed by atoms with E-state index in [1.165, 1.54) is 18.3 Å². The Morgan fingerprint density at radius 1 is 1.43 bits per heavy atom. The molecule has 1 amide bonds. The van der Waals surface area contributed by atoms with Gasteiger partial charge in [-0.1, -0.05) is 12.1 Å². The average molecular weight is 290 g/mol. The highest BCUT2D eigenvalue weighted by molar-refractivity contribution is 5.97. The minimum absolute atomic E-state index is 0.196. The Hall–Kier alpha value is -2.37. The fourth-order valence-electron chi connectivity index (χ4n) is 2.21. The molecular weight excluding hydrogens is 271 g/mol. The van der Waals surface area contributed by atoms with Gasteiger partial charge in [-0.2, -0.15) is 5.10 Å². The van der Waals surface area contributed by atoms with Gasteiger partial charge in [0.1, 0.15) is 11.5 Å². The number of aromatic nitrogens is 2. The molecule has 2 N–H and O–H groups in total. The van der Waals surface area contributed by atoms with Crippen molar-refractivity contribution in [1.29, 1.82) is 0 Å². The number of nitrogen functional groups attached to an aromatic ring is 1.